The number of rotatable bonds is 8. The van der Waals surface area contributed by atoms with Crippen LogP contribution < -0.4 is 21.7 Å². The van der Waals surface area contributed by atoms with Gasteiger partial charge in [-0.15, -0.1) is 0 Å². The van der Waals surface area contributed by atoms with Crippen molar-refractivity contribution in [1.82, 2.24) is 16.0 Å². The van der Waals surface area contributed by atoms with Crippen molar-refractivity contribution < 1.29 is 24.6 Å². The van der Waals surface area contributed by atoms with Gasteiger partial charge in [0.2, 0.25) is 17.7 Å². The van der Waals surface area contributed by atoms with Crippen molar-refractivity contribution in [2.75, 3.05) is 7.05 Å². The first-order chi connectivity index (χ1) is 13.7. The van der Waals surface area contributed by atoms with Crippen molar-refractivity contribution in [1.29, 1.82) is 0 Å². The molecular weight excluding hydrogens is 376 g/mol. The third kappa shape index (κ3) is 6.11. The second kappa shape index (κ2) is 10.1. The Morgan fingerprint density at radius 2 is 1.86 bits per heavy atom. The second-order valence-electron chi connectivity index (χ2n) is 7.12. The van der Waals surface area contributed by atoms with Crippen LogP contribution in [0.1, 0.15) is 18.9 Å². The van der Waals surface area contributed by atoms with Crippen LogP contribution in [0, 0.1) is 0 Å². The molecule has 5 unspecified atom stereocenters. The molecule has 0 radical (unpaired) electrons. The number of nitrogens with two attached hydrogens (primary N) is 1. The Balaban J connectivity index is 2.12. The Morgan fingerprint density at radius 3 is 2.45 bits per heavy atom. The highest BCUT2D eigenvalue weighted by molar-refractivity contribution is 5.97. The van der Waals surface area contributed by atoms with Crippen molar-refractivity contribution >= 4 is 17.7 Å². The van der Waals surface area contributed by atoms with E-state index in [9.17, 15) is 24.6 Å². The van der Waals surface area contributed by atoms with Crippen LogP contribution in [-0.2, 0) is 20.8 Å². The maximum atomic E-state index is 12.7. The van der Waals surface area contributed by atoms with Gasteiger partial charge < -0.3 is 31.9 Å². The molecule has 1 aliphatic carbocycles. The molecule has 1 aliphatic rings. The normalized spacial score (nSPS) is 23.4. The summed E-state index contributed by atoms with van der Waals surface area (Å²) in [6.45, 7) is 1.64. The highest BCUT2D eigenvalue weighted by Gasteiger charge is 2.35. The number of primary amides is 1. The Morgan fingerprint density at radius 1 is 1.21 bits per heavy atom. The third-order valence-corrected chi connectivity index (χ3v) is 4.93. The van der Waals surface area contributed by atoms with Gasteiger partial charge in [0, 0.05) is 18.4 Å². The summed E-state index contributed by atoms with van der Waals surface area (Å²) >= 11 is 0. The number of aliphatic hydroxyl groups excluding tert-OH is 2. The molecule has 29 heavy (non-hydrogen) atoms. The van der Waals surface area contributed by atoms with E-state index in [1.807, 2.05) is 30.3 Å². The molecule has 158 valence electrons. The number of hydrogen-bond acceptors (Lipinski definition) is 6. The zero-order chi connectivity index (χ0) is 21.6. The fraction of sp³-hybridized carbons (Fsp3) is 0.450. The molecule has 0 aromatic heterocycles. The number of nitrogens with one attached hydrogen (secondary N) is 3. The highest BCUT2D eigenvalue weighted by atomic mass is 16.3. The quantitative estimate of drug-likeness (QED) is 0.305. The summed E-state index contributed by atoms with van der Waals surface area (Å²) in [5.41, 5.74) is 6.41. The van der Waals surface area contributed by atoms with Gasteiger partial charge in [-0.05, 0) is 19.5 Å². The van der Waals surface area contributed by atoms with E-state index >= 15 is 0 Å². The van der Waals surface area contributed by atoms with Gasteiger partial charge in [-0.25, -0.2) is 0 Å². The lowest BCUT2D eigenvalue weighted by Crippen LogP contribution is -2.54. The zero-order valence-corrected chi connectivity index (χ0v) is 16.5. The number of hydrogen-bond donors (Lipinski definition) is 6. The lowest BCUT2D eigenvalue weighted by molar-refractivity contribution is -0.126. The molecule has 7 N–H and O–H groups in total. The van der Waals surface area contributed by atoms with Gasteiger partial charge in [0.15, 0.2) is 0 Å². The van der Waals surface area contributed by atoms with Crippen molar-refractivity contribution in [3.63, 3.8) is 0 Å². The van der Waals surface area contributed by atoms with Gasteiger partial charge in [0.1, 0.15) is 12.1 Å². The van der Waals surface area contributed by atoms with Crippen LogP contribution in [0.25, 0.3) is 0 Å². The highest BCUT2D eigenvalue weighted by Crippen LogP contribution is 2.20. The number of aliphatic hydroxyl groups is 2. The van der Waals surface area contributed by atoms with Crippen LogP contribution in [0.4, 0.5) is 0 Å². The number of amides is 3. The van der Waals surface area contributed by atoms with Gasteiger partial charge >= 0.3 is 0 Å². The van der Waals surface area contributed by atoms with E-state index < -0.39 is 42.1 Å². The van der Waals surface area contributed by atoms with Crippen LogP contribution in [-0.4, -0.2) is 65.3 Å². The molecule has 0 saturated heterocycles. The SMILES string of the molecule is CNC(C)C(=O)NC1C=C(C(=O)NC(Cc2ccccc2)C(N)=O)CC(O)C1O. The van der Waals surface area contributed by atoms with Gasteiger partial charge in [0.05, 0.1) is 18.2 Å². The van der Waals surface area contributed by atoms with E-state index in [-0.39, 0.29) is 24.3 Å². The van der Waals surface area contributed by atoms with Crippen molar-refractivity contribution in [2.45, 2.75) is 50.1 Å². The third-order valence-electron chi connectivity index (χ3n) is 4.93. The fourth-order valence-electron chi connectivity index (χ4n) is 3.01. The number of carbonyl (C=O) groups is 3. The molecule has 0 bridgehead atoms. The summed E-state index contributed by atoms with van der Waals surface area (Å²) in [6.07, 6.45) is -0.987. The molecule has 1 aromatic carbocycles. The summed E-state index contributed by atoms with van der Waals surface area (Å²) < 4.78 is 0. The molecule has 0 spiro atoms. The van der Waals surface area contributed by atoms with Crippen molar-refractivity contribution in [3.8, 4) is 0 Å². The molecule has 2 rings (SSSR count). The number of carbonyl (C=O) groups excluding carboxylic acids is 3. The summed E-state index contributed by atoms with van der Waals surface area (Å²) in [5, 5.41) is 28.2. The molecule has 0 saturated carbocycles. The molecule has 0 aliphatic heterocycles. The summed E-state index contributed by atoms with van der Waals surface area (Å²) in [4.78, 5) is 36.5. The zero-order valence-electron chi connectivity index (χ0n) is 16.5. The minimum Gasteiger partial charge on any atom is -0.390 e. The Labute approximate surface area is 169 Å². The maximum Gasteiger partial charge on any atom is 0.247 e. The fourth-order valence-corrected chi connectivity index (χ4v) is 3.01. The van der Waals surface area contributed by atoms with Crippen LogP contribution in [0.5, 0.6) is 0 Å². The van der Waals surface area contributed by atoms with Gasteiger partial charge in [-0.1, -0.05) is 36.4 Å². The summed E-state index contributed by atoms with van der Waals surface area (Å²) in [6, 6.07) is 6.71. The van der Waals surface area contributed by atoms with Crippen molar-refractivity contribution in [3.05, 3.63) is 47.5 Å². The van der Waals surface area contributed by atoms with Crippen LogP contribution in [0.15, 0.2) is 42.0 Å². The number of benzene rings is 1. The van der Waals surface area contributed by atoms with Gasteiger partial charge in [0.25, 0.3) is 0 Å². The smallest absolute Gasteiger partial charge is 0.247 e. The van der Waals surface area contributed by atoms with Crippen LogP contribution in [0.2, 0.25) is 0 Å². The Kier molecular flexibility index (Phi) is 7.89. The largest absolute Gasteiger partial charge is 0.390 e. The molecule has 0 fully saturated rings. The van der Waals surface area contributed by atoms with E-state index in [0.717, 1.165) is 5.56 Å². The van der Waals surface area contributed by atoms with Crippen LogP contribution in [0.3, 0.4) is 0 Å². The first-order valence-electron chi connectivity index (χ1n) is 9.41. The van der Waals surface area contributed by atoms with E-state index in [1.165, 1.54) is 6.08 Å². The lowest BCUT2D eigenvalue weighted by atomic mass is 9.89. The minimum atomic E-state index is -1.25. The molecule has 1 aromatic rings. The minimum absolute atomic E-state index is 0.113. The Bertz CT molecular complexity index is 767. The maximum absolute atomic E-state index is 12.7. The van der Waals surface area contributed by atoms with Crippen LogP contribution >= 0.6 is 0 Å². The monoisotopic (exact) mass is 404 g/mol. The molecule has 5 atom stereocenters. The summed E-state index contributed by atoms with van der Waals surface area (Å²) in [5.74, 6) is -1.66. The average molecular weight is 404 g/mol. The predicted octanol–water partition coefficient (Wildman–Crippen LogP) is -1.66. The number of likely N-dealkylation sites (N-methyl/N-ethyl adjacent to an activating group) is 1. The first kappa shape index (κ1) is 22.5. The Hall–Kier alpha value is -2.75. The first-order valence-corrected chi connectivity index (χ1v) is 9.41. The molecule has 9 nitrogen and oxygen atoms in total. The van der Waals surface area contributed by atoms with Gasteiger partial charge in [-0.2, -0.15) is 0 Å². The lowest BCUT2D eigenvalue weighted by Gasteiger charge is -2.32. The van der Waals surface area contributed by atoms with Gasteiger partial charge in [-0.3, -0.25) is 14.4 Å². The molecule has 0 heterocycles. The second-order valence-corrected chi connectivity index (χ2v) is 7.12. The van der Waals surface area contributed by atoms with E-state index in [1.54, 1.807) is 14.0 Å². The molecular formula is C20H28N4O5. The topological polar surface area (TPSA) is 154 Å². The standard InChI is InChI=1S/C20H28N4O5/c1-11(22-2)19(28)23-14-9-13(10-16(25)17(14)26)20(29)24-15(18(21)27)8-12-6-4-3-5-7-12/h3-7,9,11,14-17,22,25-26H,8,10H2,1-2H3,(H2,21,27)(H,23,28)(H,24,29). The van der Waals surface area contributed by atoms with E-state index in [4.69, 9.17) is 5.73 Å². The predicted molar refractivity (Wildman–Crippen MR) is 106 cm³/mol. The van der Waals surface area contributed by atoms with Crippen molar-refractivity contribution in [2.24, 2.45) is 5.73 Å². The van der Waals surface area contributed by atoms with E-state index in [2.05, 4.69) is 16.0 Å². The average Bonchev–Trinajstić information content (AvgIpc) is 2.70. The van der Waals surface area contributed by atoms with E-state index in [0.29, 0.717) is 0 Å². The molecule has 9 heteroatoms. The molecule has 3 amide bonds. The summed E-state index contributed by atoms with van der Waals surface area (Å²) in [7, 11) is 1.61.